The molecule has 4 rings (SSSR count). The quantitative estimate of drug-likeness (QED) is 0.460. The Kier molecular flexibility index (Phi) is 9.17. The molecule has 2 aromatic rings. The number of anilines is 1. The van der Waals surface area contributed by atoms with Gasteiger partial charge in [0.05, 0.1) is 17.9 Å². The third-order valence-corrected chi connectivity index (χ3v) is 10.0. The van der Waals surface area contributed by atoms with Crippen molar-refractivity contribution in [3.05, 3.63) is 41.7 Å². The van der Waals surface area contributed by atoms with Gasteiger partial charge in [-0.1, -0.05) is 20.8 Å². The fourth-order valence-electron chi connectivity index (χ4n) is 5.40. The van der Waals surface area contributed by atoms with Gasteiger partial charge >= 0.3 is 10.2 Å². The SMILES string of the molecule is CC(=O)N(C)C1CCN(S(=O)(=O)NC(=O)c2ccc(-c3cc(F)cc(OCC(C)C)c3)nc2N2CCC(C)C2(C)C)C1. The van der Waals surface area contributed by atoms with Gasteiger partial charge in [0.2, 0.25) is 5.91 Å². The van der Waals surface area contributed by atoms with E-state index in [-0.39, 0.29) is 48.0 Å². The van der Waals surface area contributed by atoms with Crippen molar-refractivity contribution in [3.8, 4) is 17.0 Å². The summed E-state index contributed by atoms with van der Waals surface area (Å²) in [4.78, 5) is 33.7. The van der Waals surface area contributed by atoms with E-state index in [0.717, 1.165) is 6.42 Å². The van der Waals surface area contributed by atoms with E-state index in [0.29, 0.717) is 42.4 Å². The summed E-state index contributed by atoms with van der Waals surface area (Å²) in [6, 6.07) is 7.25. The standard InChI is InChI=1S/C30H42FN5O5S/c1-19(2)18-41-25-15-22(14-23(31)16-25)27-9-8-26(28(32-27)36-13-10-20(3)30(36,5)6)29(38)33-42(39,40)35-12-11-24(17-35)34(7)21(4)37/h8-9,14-16,19-20,24H,10-13,17-18H2,1-7H3,(H,33,38). The molecular formula is C30H42FN5O5S. The maximum absolute atomic E-state index is 14.6. The van der Waals surface area contributed by atoms with Crippen LogP contribution in [0, 0.1) is 17.7 Å². The fraction of sp³-hybridized carbons (Fsp3) is 0.567. The van der Waals surface area contributed by atoms with Gasteiger partial charge < -0.3 is 14.5 Å². The molecule has 1 aromatic carbocycles. The molecule has 2 aliphatic rings. The number of carbonyl (C=O) groups excluding carboxylic acids is 2. The molecule has 3 heterocycles. The topological polar surface area (TPSA) is 112 Å². The van der Waals surface area contributed by atoms with Crippen molar-refractivity contribution in [2.75, 3.05) is 38.2 Å². The van der Waals surface area contributed by atoms with E-state index < -0.39 is 21.9 Å². The van der Waals surface area contributed by atoms with Crippen LogP contribution in [0.2, 0.25) is 0 Å². The van der Waals surface area contributed by atoms with Gasteiger partial charge in [-0.3, -0.25) is 9.59 Å². The second-order valence-electron chi connectivity index (χ2n) is 12.3. The van der Waals surface area contributed by atoms with Crippen LogP contribution in [0.4, 0.5) is 10.2 Å². The van der Waals surface area contributed by atoms with E-state index in [1.807, 2.05) is 18.7 Å². The minimum atomic E-state index is -4.18. The molecule has 1 N–H and O–H groups in total. The van der Waals surface area contributed by atoms with E-state index >= 15 is 0 Å². The van der Waals surface area contributed by atoms with Gasteiger partial charge in [0.25, 0.3) is 5.91 Å². The molecule has 1 aromatic heterocycles. The predicted octanol–water partition coefficient (Wildman–Crippen LogP) is 4.07. The molecule has 0 radical (unpaired) electrons. The van der Waals surface area contributed by atoms with Crippen LogP contribution in [0.25, 0.3) is 11.3 Å². The Morgan fingerprint density at radius 2 is 1.90 bits per heavy atom. The molecule has 0 saturated carbocycles. The Balaban J connectivity index is 1.68. The highest BCUT2D eigenvalue weighted by atomic mass is 32.2. The van der Waals surface area contributed by atoms with Gasteiger partial charge in [0.1, 0.15) is 17.4 Å². The first-order chi connectivity index (χ1) is 19.6. The molecule has 2 amide bonds. The maximum Gasteiger partial charge on any atom is 0.304 e. The van der Waals surface area contributed by atoms with Crippen molar-refractivity contribution in [2.45, 2.75) is 66.0 Å². The first-order valence-electron chi connectivity index (χ1n) is 14.4. The molecule has 0 bridgehead atoms. The van der Waals surface area contributed by atoms with Crippen molar-refractivity contribution < 1.29 is 27.1 Å². The number of nitrogens with zero attached hydrogens (tertiary/aromatic N) is 4. The molecular weight excluding hydrogens is 561 g/mol. The Labute approximate surface area is 248 Å². The monoisotopic (exact) mass is 603 g/mol. The zero-order chi connectivity index (χ0) is 31.0. The van der Waals surface area contributed by atoms with Crippen LogP contribution in [0.3, 0.4) is 0 Å². The Morgan fingerprint density at radius 3 is 2.52 bits per heavy atom. The molecule has 0 aliphatic carbocycles. The zero-order valence-corrected chi connectivity index (χ0v) is 26.3. The number of pyridine rings is 1. The highest BCUT2D eigenvalue weighted by Crippen LogP contribution is 2.39. The van der Waals surface area contributed by atoms with E-state index in [2.05, 4.69) is 25.5 Å². The van der Waals surface area contributed by atoms with E-state index in [9.17, 15) is 22.4 Å². The van der Waals surface area contributed by atoms with Gasteiger partial charge in [0.15, 0.2) is 0 Å². The zero-order valence-electron chi connectivity index (χ0n) is 25.5. The summed E-state index contributed by atoms with van der Waals surface area (Å²) in [5.41, 5.74) is 0.654. The molecule has 42 heavy (non-hydrogen) atoms. The predicted molar refractivity (Wildman–Crippen MR) is 160 cm³/mol. The number of likely N-dealkylation sites (N-methyl/N-ethyl adjacent to an activating group) is 1. The number of benzene rings is 1. The van der Waals surface area contributed by atoms with Crippen molar-refractivity contribution in [1.82, 2.24) is 18.9 Å². The summed E-state index contributed by atoms with van der Waals surface area (Å²) in [6.07, 6.45) is 1.34. The summed E-state index contributed by atoms with van der Waals surface area (Å²) in [5.74, 6) is -0.175. The van der Waals surface area contributed by atoms with Gasteiger partial charge in [-0.25, -0.2) is 14.1 Å². The van der Waals surface area contributed by atoms with Crippen molar-refractivity contribution in [3.63, 3.8) is 0 Å². The summed E-state index contributed by atoms with van der Waals surface area (Å²) in [7, 11) is -2.55. The Hall–Kier alpha value is -3.25. The summed E-state index contributed by atoms with van der Waals surface area (Å²) in [5, 5.41) is 0. The number of aromatic nitrogens is 1. The van der Waals surface area contributed by atoms with E-state index in [1.54, 1.807) is 19.2 Å². The normalized spacial score (nSPS) is 20.6. The molecule has 2 aliphatic heterocycles. The van der Waals surface area contributed by atoms with Crippen molar-refractivity contribution in [1.29, 1.82) is 0 Å². The fourth-order valence-corrected chi connectivity index (χ4v) is 6.58. The maximum atomic E-state index is 14.6. The lowest BCUT2D eigenvalue weighted by Gasteiger charge is -2.36. The highest BCUT2D eigenvalue weighted by molar-refractivity contribution is 7.87. The smallest absolute Gasteiger partial charge is 0.304 e. The van der Waals surface area contributed by atoms with Gasteiger partial charge in [-0.2, -0.15) is 12.7 Å². The molecule has 12 heteroatoms. The van der Waals surface area contributed by atoms with Crippen molar-refractivity contribution in [2.24, 2.45) is 11.8 Å². The van der Waals surface area contributed by atoms with Crippen molar-refractivity contribution >= 4 is 27.8 Å². The first-order valence-corrected chi connectivity index (χ1v) is 15.8. The minimum Gasteiger partial charge on any atom is -0.493 e. The number of nitrogens with one attached hydrogen (secondary N) is 1. The first kappa shape index (κ1) is 31.7. The third-order valence-electron chi connectivity index (χ3n) is 8.55. The Morgan fingerprint density at radius 1 is 1.19 bits per heavy atom. The number of ether oxygens (including phenoxy) is 1. The van der Waals surface area contributed by atoms with Crippen LogP contribution in [-0.2, 0) is 15.0 Å². The number of hydrogen-bond donors (Lipinski definition) is 1. The minimum absolute atomic E-state index is 0.0974. The van der Waals surface area contributed by atoms with E-state index in [1.165, 1.54) is 34.3 Å². The van der Waals surface area contributed by atoms with Crippen LogP contribution in [0.1, 0.15) is 64.7 Å². The average molecular weight is 604 g/mol. The second kappa shape index (κ2) is 12.2. The summed E-state index contributed by atoms with van der Waals surface area (Å²) in [6.45, 7) is 13.0. The molecule has 2 fully saturated rings. The van der Waals surface area contributed by atoms with Gasteiger partial charge in [-0.15, -0.1) is 0 Å². The van der Waals surface area contributed by atoms with E-state index in [4.69, 9.17) is 9.72 Å². The van der Waals surface area contributed by atoms with Gasteiger partial charge in [-0.05, 0) is 62.8 Å². The molecule has 2 atom stereocenters. The summed E-state index contributed by atoms with van der Waals surface area (Å²) < 4.78 is 50.2. The number of hydrogen-bond acceptors (Lipinski definition) is 7. The van der Waals surface area contributed by atoms with Crippen LogP contribution in [0.5, 0.6) is 5.75 Å². The summed E-state index contributed by atoms with van der Waals surface area (Å²) >= 11 is 0. The van der Waals surface area contributed by atoms with Crippen LogP contribution < -0.4 is 14.4 Å². The lowest BCUT2D eigenvalue weighted by atomic mass is 9.90. The molecule has 230 valence electrons. The number of rotatable bonds is 9. The lowest BCUT2D eigenvalue weighted by Crippen LogP contribution is -2.46. The molecule has 10 nitrogen and oxygen atoms in total. The number of halogens is 1. The van der Waals surface area contributed by atoms with Crippen LogP contribution in [0.15, 0.2) is 30.3 Å². The molecule has 0 spiro atoms. The van der Waals surface area contributed by atoms with Gasteiger partial charge in [0, 0.05) is 56.8 Å². The third kappa shape index (κ3) is 6.70. The largest absolute Gasteiger partial charge is 0.493 e. The number of amides is 2. The second-order valence-corrected chi connectivity index (χ2v) is 14.0. The molecule has 2 saturated heterocycles. The Bertz CT molecular complexity index is 1450. The average Bonchev–Trinajstić information content (AvgIpc) is 3.51. The molecule has 2 unspecified atom stereocenters. The number of carbonyl (C=O) groups is 2. The van der Waals surface area contributed by atoms with Crippen LogP contribution in [-0.4, -0.2) is 79.3 Å². The lowest BCUT2D eigenvalue weighted by molar-refractivity contribution is -0.129. The highest BCUT2D eigenvalue weighted by Gasteiger charge is 2.41. The van der Waals surface area contributed by atoms with Crippen LogP contribution >= 0.6 is 0 Å².